The predicted octanol–water partition coefficient (Wildman–Crippen LogP) is 1.63. The van der Waals surface area contributed by atoms with Crippen molar-refractivity contribution in [3.05, 3.63) is 23.8 Å². The van der Waals surface area contributed by atoms with E-state index in [0.29, 0.717) is 25.4 Å². The summed E-state index contributed by atoms with van der Waals surface area (Å²) >= 11 is 0. The Balaban J connectivity index is 2.36. The number of aryl methyl sites for hydroxylation is 1. The molecule has 1 aliphatic heterocycles. The predicted molar refractivity (Wildman–Crippen MR) is 79.0 cm³/mol. The molecule has 6 heteroatoms. The van der Waals surface area contributed by atoms with Crippen molar-refractivity contribution in [2.45, 2.75) is 37.6 Å². The van der Waals surface area contributed by atoms with Crippen LogP contribution in [0.3, 0.4) is 0 Å². The fourth-order valence-electron chi connectivity index (χ4n) is 2.47. The van der Waals surface area contributed by atoms with Crippen molar-refractivity contribution in [3.8, 4) is 0 Å². The number of hydrogen-bond acceptors (Lipinski definition) is 4. The molecule has 1 saturated heterocycles. The number of sulfonamides is 1. The molecule has 1 heterocycles. The smallest absolute Gasteiger partial charge is 0.243 e. The third kappa shape index (κ3) is 2.82. The minimum atomic E-state index is -3.50. The Morgan fingerprint density at radius 3 is 2.75 bits per heavy atom. The van der Waals surface area contributed by atoms with Crippen LogP contribution in [0.15, 0.2) is 23.1 Å². The van der Waals surface area contributed by atoms with E-state index >= 15 is 0 Å². The molecule has 0 radical (unpaired) electrons. The van der Waals surface area contributed by atoms with E-state index in [9.17, 15) is 8.42 Å². The minimum absolute atomic E-state index is 0.0965. The third-order valence-electron chi connectivity index (χ3n) is 3.75. The number of anilines is 1. The lowest BCUT2D eigenvalue weighted by atomic mass is 10.1. The summed E-state index contributed by atoms with van der Waals surface area (Å²) in [4.78, 5) is 0.271. The Labute approximate surface area is 120 Å². The fraction of sp³-hybridized carbons (Fsp3) is 0.571. The molecule has 0 bridgehead atoms. The molecule has 1 atom stereocenters. The van der Waals surface area contributed by atoms with Crippen molar-refractivity contribution in [1.82, 2.24) is 4.31 Å². The van der Waals surface area contributed by atoms with Gasteiger partial charge in [0.15, 0.2) is 0 Å². The first-order valence-electron chi connectivity index (χ1n) is 6.98. The largest absolute Gasteiger partial charge is 0.398 e. The van der Waals surface area contributed by atoms with Crippen LogP contribution >= 0.6 is 0 Å². The summed E-state index contributed by atoms with van der Waals surface area (Å²) in [6.07, 6.45) is 1.53. The summed E-state index contributed by atoms with van der Waals surface area (Å²) in [5.74, 6) is 0. The topological polar surface area (TPSA) is 72.6 Å². The van der Waals surface area contributed by atoms with Crippen molar-refractivity contribution < 1.29 is 13.2 Å². The lowest BCUT2D eigenvalue weighted by Gasteiger charge is -2.34. The van der Waals surface area contributed by atoms with E-state index in [1.807, 2.05) is 13.8 Å². The average molecular weight is 298 g/mol. The molecule has 1 aromatic rings. The SMILES string of the molecule is CCc1ccc(S(=O)(=O)N2CCOCC2CC)cc1N. The van der Waals surface area contributed by atoms with Gasteiger partial charge in [0.1, 0.15) is 0 Å². The second-order valence-electron chi connectivity index (χ2n) is 4.97. The second-order valence-corrected chi connectivity index (χ2v) is 6.86. The van der Waals surface area contributed by atoms with Gasteiger partial charge in [-0.2, -0.15) is 4.31 Å². The maximum atomic E-state index is 12.7. The zero-order chi connectivity index (χ0) is 14.8. The van der Waals surface area contributed by atoms with Crippen molar-refractivity contribution in [2.75, 3.05) is 25.5 Å². The van der Waals surface area contributed by atoms with Gasteiger partial charge in [-0.3, -0.25) is 0 Å². The molecular formula is C14H22N2O3S. The third-order valence-corrected chi connectivity index (χ3v) is 5.70. The number of nitrogens with two attached hydrogens (primary N) is 1. The molecule has 1 aliphatic rings. The summed E-state index contributed by atoms with van der Waals surface area (Å²) in [6, 6.07) is 4.91. The number of ether oxygens (including phenoxy) is 1. The molecule has 112 valence electrons. The highest BCUT2D eigenvalue weighted by Crippen LogP contribution is 2.25. The monoisotopic (exact) mass is 298 g/mol. The molecular weight excluding hydrogens is 276 g/mol. The van der Waals surface area contributed by atoms with Crippen LogP contribution in [0.5, 0.6) is 0 Å². The highest BCUT2D eigenvalue weighted by molar-refractivity contribution is 7.89. The first kappa shape index (κ1) is 15.3. The summed E-state index contributed by atoms with van der Waals surface area (Å²) in [6.45, 7) is 5.26. The molecule has 2 rings (SSSR count). The number of benzene rings is 1. The van der Waals surface area contributed by atoms with Crippen LogP contribution in [0.4, 0.5) is 5.69 Å². The Morgan fingerprint density at radius 2 is 2.15 bits per heavy atom. The van der Waals surface area contributed by atoms with Gasteiger partial charge in [-0.15, -0.1) is 0 Å². The van der Waals surface area contributed by atoms with Crippen molar-refractivity contribution in [3.63, 3.8) is 0 Å². The van der Waals surface area contributed by atoms with E-state index in [1.165, 1.54) is 4.31 Å². The average Bonchev–Trinajstić information content (AvgIpc) is 2.47. The highest BCUT2D eigenvalue weighted by Gasteiger charge is 2.33. The number of morpholine rings is 1. The molecule has 20 heavy (non-hydrogen) atoms. The maximum Gasteiger partial charge on any atom is 0.243 e. The summed E-state index contributed by atoms with van der Waals surface area (Å²) in [5.41, 5.74) is 7.42. The van der Waals surface area contributed by atoms with Gasteiger partial charge in [-0.25, -0.2) is 8.42 Å². The van der Waals surface area contributed by atoms with Crippen molar-refractivity contribution in [2.24, 2.45) is 0 Å². The maximum absolute atomic E-state index is 12.7. The quantitative estimate of drug-likeness (QED) is 0.858. The van der Waals surface area contributed by atoms with E-state index in [-0.39, 0.29) is 10.9 Å². The molecule has 1 aromatic carbocycles. The van der Waals surface area contributed by atoms with Crippen LogP contribution in [-0.2, 0) is 21.2 Å². The molecule has 1 fully saturated rings. The van der Waals surface area contributed by atoms with Gasteiger partial charge in [0, 0.05) is 18.3 Å². The molecule has 1 unspecified atom stereocenters. The molecule has 0 spiro atoms. The van der Waals surface area contributed by atoms with Gasteiger partial charge in [0.25, 0.3) is 0 Å². The normalized spacial score (nSPS) is 21.0. The lowest BCUT2D eigenvalue weighted by Crippen LogP contribution is -2.48. The standard InChI is InChI=1S/C14H22N2O3S/c1-3-11-5-6-13(9-14(11)15)20(17,18)16-7-8-19-10-12(16)4-2/h5-6,9,12H,3-4,7-8,10,15H2,1-2H3. The van der Waals surface area contributed by atoms with Gasteiger partial charge < -0.3 is 10.5 Å². The highest BCUT2D eigenvalue weighted by atomic mass is 32.2. The van der Waals surface area contributed by atoms with Gasteiger partial charge in [0.2, 0.25) is 10.0 Å². The van der Waals surface area contributed by atoms with Crippen LogP contribution in [0, 0.1) is 0 Å². The first-order valence-corrected chi connectivity index (χ1v) is 8.42. The first-order chi connectivity index (χ1) is 9.50. The lowest BCUT2D eigenvalue weighted by molar-refractivity contribution is 0.0314. The summed E-state index contributed by atoms with van der Waals surface area (Å²) in [5, 5.41) is 0. The van der Waals surface area contributed by atoms with Crippen molar-refractivity contribution >= 4 is 15.7 Å². The van der Waals surface area contributed by atoms with E-state index in [1.54, 1.807) is 18.2 Å². The number of hydrogen-bond donors (Lipinski definition) is 1. The van der Waals surface area contributed by atoms with Crippen LogP contribution in [0.25, 0.3) is 0 Å². The molecule has 0 saturated carbocycles. The van der Waals surface area contributed by atoms with E-state index in [4.69, 9.17) is 10.5 Å². The van der Waals surface area contributed by atoms with Crippen molar-refractivity contribution in [1.29, 1.82) is 0 Å². The Bertz CT molecular complexity index is 572. The van der Waals surface area contributed by atoms with Crippen LogP contribution in [-0.4, -0.2) is 38.5 Å². The number of nitrogens with zero attached hydrogens (tertiary/aromatic N) is 1. The van der Waals surface area contributed by atoms with Crippen LogP contribution < -0.4 is 5.73 Å². The zero-order valence-electron chi connectivity index (χ0n) is 12.0. The zero-order valence-corrected chi connectivity index (χ0v) is 12.8. The molecule has 0 amide bonds. The summed E-state index contributed by atoms with van der Waals surface area (Å²) in [7, 11) is -3.50. The van der Waals surface area contributed by atoms with E-state index in [2.05, 4.69) is 0 Å². The second kappa shape index (κ2) is 6.11. The Morgan fingerprint density at radius 1 is 1.40 bits per heavy atom. The van der Waals surface area contributed by atoms with Gasteiger partial charge in [-0.05, 0) is 30.5 Å². The number of rotatable bonds is 4. The van der Waals surface area contributed by atoms with Gasteiger partial charge in [0.05, 0.1) is 18.1 Å². The Hall–Kier alpha value is -1.11. The van der Waals surface area contributed by atoms with E-state index < -0.39 is 10.0 Å². The Kier molecular flexibility index (Phi) is 4.67. The number of nitrogen functional groups attached to an aromatic ring is 1. The molecule has 0 aromatic heterocycles. The molecule has 2 N–H and O–H groups in total. The van der Waals surface area contributed by atoms with Crippen LogP contribution in [0.2, 0.25) is 0 Å². The van der Waals surface area contributed by atoms with E-state index in [0.717, 1.165) is 18.4 Å². The van der Waals surface area contributed by atoms with Gasteiger partial charge in [-0.1, -0.05) is 19.9 Å². The summed E-state index contributed by atoms with van der Waals surface area (Å²) < 4.78 is 32.3. The van der Waals surface area contributed by atoms with Crippen LogP contribution in [0.1, 0.15) is 25.8 Å². The van der Waals surface area contributed by atoms with Gasteiger partial charge >= 0.3 is 0 Å². The fourth-order valence-corrected chi connectivity index (χ4v) is 4.17. The minimum Gasteiger partial charge on any atom is -0.398 e. The molecule has 5 nitrogen and oxygen atoms in total. The molecule has 0 aliphatic carbocycles.